The van der Waals surface area contributed by atoms with Crippen molar-refractivity contribution in [1.82, 2.24) is 4.90 Å². The number of amides is 3. The molecule has 1 N–H and O–H groups in total. The quantitative estimate of drug-likeness (QED) is 0.688. The Kier molecular flexibility index (Phi) is 6.72. The SMILES string of the molecule is CCOc1ccc(/C=C2/SC(=O)N(CC(=O)Nc3ccc(CC)cc3)C2=O)cc1. The minimum Gasteiger partial charge on any atom is -0.494 e. The number of anilines is 1. The van der Waals surface area contributed by atoms with E-state index in [1.54, 1.807) is 30.3 Å². The molecular weight excluding hydrogens is 388 g/mol. The predicted molar refractivity (Wildman–Crippen MR) is 115 cm³/mol. The number of imide groups is 1. The van der Waals surface area contributed by atoms with Crippen molar-refractivity contribution in [3.05, 3.63) is 64.6 Å². The van der Waals surface area contributed by atoms with Gasteiger partial charge in [0, 0.05) is 5.69 Å². The molecule has 0 bridgehead atoms. The molecule has 29 heavy (non-hydrogen) atoms. The van der Waals surface area contributed by atoms with Crippen LogP contribution in [0.2, 0.25) is 0 Å². The lowest BCUT2D eigenvalue weighted by Gasteiger charge is -2.12. The number of ether oxygens (including phenoxy) is 1. The van der Waals surface area contributed by atoms with Crippen LogP contribution < -0.4 is 10.1 Å². The molecule has 2 aromatic rings. The van der Waals surface area contributed by atoms with E-state index in [9.17, 15) is 14.4 Å². The summed E-state index contributed by atoms with van der Waals surface area (Å²) in [6, 6.07) is 14.7. The molecular formula is C22H22N2O4S. The maximum atomic E-state index is 12.6. The Morgan fingerprint density at radius 1 is 1.07 bits per heavy atom. The number of aryl methyl sites for hydroxylation is 1. The molecule has 0 aliphatic carbocycles. The van der Waals surface area contributed by atoms with Gasteiger partial charge in [-0.3, -0.25) is 19.3 Å². The topological polar surface area (TPSA) is 75.7 Å². The zero-order valence-corrected chi connectivity index (χ0v) is 17.1. The molecule has 6 nitrogen and oxygen atoms in total. The summed E-state index contributed by atoms with van der Waals surface area (Å²) in [6.07, 6.45) is 2.55. The Morgan fingerprint density at radius 2 is 1.76 bits per heavy atom. The van der Waals surface area contributed by atoms with Crippen LogP contribution in [-0.2, 0) is 16.0 Å². The number of rotatable bonds is 7. The summed E-state index contributed by atoms with van der Waals surface area (Å²) in [5.74, 6) is -0.148. The maximum Gasteiger partial charge on any atom is 0.294 e. The van der Waals surface area contributed by atoms with E-state index < -0.39 is 17.1 Å². The summed E-state index contributed by atoms with van der Waals surface area (Å²) < 4.78 is 5.39. The number of hydrogen-bond acceptors (Lipinski definition) is 5. The molecule has 1 heterocycles. The van der Waals surface area contributed by atoms with Crippen LogP contribution in [0.1, 0.15) is 25.0 Å². The van der Waals surface area contributed by atoms with Crippen molar-refractivity contribution in [2.45, 2.75) is 20.3 Å². The zero-order valence-electron chi connectivity index (χ0n) is 16.3. The van der Waals surface area contributed by atoms with Gasteiger partial charge in [0.2, 0.25) is 5.91 Å². The molecule has 150 valence electrons. The second kappa shape index (κ2) is 9.43. The van der Waals surface area contributed by atoms with E-state index >= 15 is 0 Å². The molecule has 0 saturated carbocycles. The Morgan fingerprint density at radius 3 is 2.38 bits per heavy atom. The zero-order chi connectivity index (χ0) is 20.8. The molecule has 1 aliphatic rings. The molecule has 3 amide bonds. The molecule has 0 unspecified atom stereocenters. The largest absolute Gasteiger partial charge is 0.494 e. The molecule has 7 heteroatoms. The monoisotopic (exact) mass is 410 g/mol. The van der Waals surface area contributed by atoms with Gasteiger partial charge in [-0.05, 0) is 66.6 Å². The van der Waals surface area contributed by atoms with Crippen LogP contribution in [0.3, 0.4) is 0 Å². The lowest BCUT2D eigenvalue weighted by Crippen LogP contribution is -2.36. The third-order valence-corrected chi connectivity index (χ3v) is 5.22. The standard InChI is InChI=1S/C22H22N2O4S/c1-3-15-5-9-17(10-6-15)23-20(25)14-24-21(26)19(29-22(24)27)13-16-7-11-18(12-8-16)28-4-2/h5-13H,3-4,14H2,1-2H3,(H,23,25)/b19-13+. The van der Waals surface area contributed by atoms with Gasteiger partial charge in [0.25, 0.3) is 11.1 Å². The van der Waals surface area contributed by atoms with E-state index in [0.29, 0.717) is 17.2 Å². The van der Waals surface area contributed by atoms with Gasteiger partial charge in [-0.2, -0.15) is 0 Å². The molecule has 0 radical (unpaired) electrons. The van der Waals surface area contributed by atoms with Crippen LogP contribution >= 0.6 is 11.8 Å². The van der Waals surface area contributed by atoms with Gasteiger partial charge >= 0.3 is 0 Å². The van der Waals surface area contributed by atoms with Gasteiger partial charge in [-0.15, -0.1) is 0 Å². The van der Waals surface area contributed by atoms with Gasteiger partial charge in [0.15, 0.2) is 0 Å². The molecule has 0 aromatic heterocycles. The van der Waals surface area contributed by atoms with Crippen molar-refractivity contribution in [3.63, 3.8) is 0 Å². The summed E-state index contributed by atoms with van der Waals surface area (Å²) in [7, 11) is 0. The predicted octanol–water partition coefficient (Wildman–Crippen LogP) is 4.32. The maximum absolute atomic E-state index is 12.6. The molecule has 1 saturated heterocycles. The molecule has 0 atom stereocenters. The second-order valence-electron chi connectivity index (χ2n) is 6.37. The van der Waals surface area contributed by atoms with Crippen LogP contribution in [0.15, 0.2) is 53.4 Å². The molecule has 1 fully saturated rings. The molecule has 1 aliphatic heterocycles. The van der Waals surface area contributed by atoms with Gasteiger partial charge < -0.3 is 10.1 Å². The van der Waals surface area contributed by atoms with E-state index in [1.807, 2.05) is 38.1 Å². The van der Waals surface area contributed by atoms with Crippen molar-refractivity contribution in [3.8, 4) is 5.75 Å². The summed E-state index contributed by atoms with van der Waals surface area (Å²) in [5.41, 5.74) is 2.57. The number of hydrogen-bond donors (Lipinski definition) is 1. The Bertz CT molecular complexity index is 936. The van der Waals surface area contributed by atoms with Crippen molar-refractivity contribution >= 4 is 40.6 Å². The first kappa shape index (κ1) is 20.7. The van der Waals surface area contributed by atoms with Crippen LogP contribution in [0, 0.1) is 0 Å². The number of benzene rings is 2. The van der Waals surface area contributed by atoms with Crippen LogP contribution in [0.4, 0.5) is 10.5 Å². The highest BCUT2D eigenvalue weighted by atomic mass is 32.2. The van der Waals surface area contributed by atoms with Crippen LogP contribution in [0.25, 0.3) is 6.08 Å². The number of thioether (sulfide) groups is 1. The highest BCUT2D eigenvalue weighted by molar-refractivity contribution is 8.18. The average molecular weight is 410 g/mol. The number of carbonyl (C=O) groups is 3. The Hall–Kier alpha value is -3.06. The van der Waals surface area contributed by atoms with E-state index in [1.165, 1.54) is 0 Å². The van der Waals surface area contributed by atoms with Gasteiger partial charge in [0.1, 0.15) is 12.3 Å². The van der Waals surface area contributed by atoms with E-state index in [-0.39, 0.29) is 6.54 Å². The molecule has 0 spiro atoms. The number of nitrogens with zero attached hydrogens (tertiary/aromatic N) is 1. The second-order valence-corrected chi connectivity index (χ2v) is 7.36. The van der Waals surface area contributed by atoms with E-state index in [2.05, 4.69) is 5.32 Å². The fraction of sp³-hybridized carbons (Fsp3) is 0.227. The summed E-state index contributed by atoms with van der Waals surface area (Å²) in [5, 5.41) is 2.26. The minimum atomic E-state index is -0.467. The Labute approximate surface area is 173 Å². The third-order valence-electron chi connectivity index (χ3n) is 4.31. The first-order valence-electron chi connectivity index (χ1n) is 9.37. The van der Waals surface area contributed by atoms with Crippen LogP contribution in [0.5, 0.6) is 5.75 Å². The normalized spacial score (nSPS) is 15.1. The van der Waals surface area contributed by atoms with E-state index in [4.69, 9.17) is 4.74 Å². The van der Waals surface area contributed by atoms with Crippen molar-refractivity contribution < 1.29 is 19.1 Å². The number of nitrogens with one attached hydrogen (secondary N) is 1. The fourth-order valence-electron chi connectivity index (χ4n) is 2.78. The summed E-state index contributed by atoms with van der Waals surface area (Å²) in [6.45, 7) is 4.21. The lowest BCUT2D eigenvalue weighted by molar-refractivity contribution is -0.127. The smallest absolute Gasteiger partial charge is 0.294 e. The van der Waals surface area contributed by atoms with Gasteiger partial charge in [-0.1, -0.05) is 31.2 Å². The number of carbonyl (C=O) groups excluding carboxylic acids is 3. The van der Waals surface area contributed by atoms with E-state index in [0.717, 1.165) is 40.0 Å². The minimum absolute atomic E-state index is 0.291. The molecule has 3 rings (SSSR count). The average Bonchev–Trinajstić information content (AvgIpc) is 2.97. The Balaban J connectivity index is 1.64. The van der Waals surface area contributed by atoms with Gasteiger partial charge in [0.05, 0.1) is 11.5 Å². The van der Waals surface area contributed by atoms with Crippen molar-refractivity contribution in [1.29, 1.82) is 0 Å². The van der Waals surface area contributed by atoms with Gasteiger partial charge in [-0.25, -0.2) is 0 Å². The highest BCUT2D eigenvalue weighted by Crippen LogP contribution is 2.32. The van der Waals surface area contributed by atoms with Crippen LogP contribution in [-0.4, -0.2) is 35.1 Å². The van der Waals surface area contributed by atoms with Crippen molar-refractivity contribution in [2.24, 2.45) is 0 Å². The highest BCUT2D eigenvalue weighted by Gasteiger charge is 2.36. The first-order valence-corrected chi connectivity index (χ1v) is 10.2. The summed E-state index contributed by atoms with van der Waals surface area (Å²) >= 11 is 0.832. The lowest BCUT2D eigenvalue weighted by atomic mass is 10.1. The summed E-state index contributed by atoms with van der Waals surface area (Å²) in [4.78, 5) is 38.3. The first-order chi connectivity index (χ1) is 14.0. The fourth-order valence-corrected chi connectivity index (χ4v) is 3.62. The molecule has 2 aromatic carbocycles. The third kappa shape index (κ3) is 5.26. The van der Waals surface area contributed by atoms with Crippen molar-refractivity contribution in [2.75, 3.05) is 18.5 Å².